The Morgan fingerprint density at radius 2 is 0.952 bits per heavy atom. The lowest BCUT2D eigenvalue weighted by molar-refractivity contribution is -0.00704. The molecule has 0 aliphatic heterocycles. The maximum absolute atomic E-state index is 5.28. The van der Waals surface area contributed by atoms with Gasteiger partial charge in [0.15, 0.2) is 0 Å². The molecule has 2 nitrogen and oxygen atoms in total. The number of hydrogen-bond acceptors (Lipinski definition) is 2. The van der Waals surface area contributed by atoms with Crippen LogP contribution in [-0.2, 0) is 0 Å². The van der Waals surface area contributed by atoms with Gasteiger partial charge in [0.25, 0.3) is 0 Å². The molecule has 3 rings (SSSR count). The number of allylic oxidation sites excluding steroid dienone is 18. The van der Waals surface area contributed by atoms with E-state index in [0.717, 1.165) is 22.7 Å². The average molecular weight is 567 g/mol. The van der Waals surface area contributed by atoms with E-state index < -0.39 is 0 Å². The zero-order chi connectivity index (χ0) is 30.9. The Balaban J connectivity index is 1.57. The van der Waals surface area contributed by atoms with Gasteiger partial charge in [-0.1, -0.05) is 111 Å². The fraction of sp³-hybridized carbons (Fsp3) is 0.450. The lowest BCUT2D eigenvalue weighted by Gasteiger charge is -2.33. The van der Waals surface area contributed by atoms with Gasteiger partial charge in [-0.2, -0.15) is 0 Å². The van der Waals surface area contributed by atoms with E-state index in [2.05, 4.69) is 130 Å². The van der Waals surface area contributed by atoms with Crippen LogP contribution in [0.1, 0.15) is 119 Å². The molecule has 0 atom stereocenters. The molecule has 0 N–H and O–H groups in total. The highest BCUT2D eigenvalue weighted by atomic mass is 17.0. The van der Waals surface area contributed by atoms with Crippen molar-refractivity contribution in [3.05, 3.63) is 117 Å². The SMILES string of the molecule is CC1=C(/C=C/C(C)=C/C=C/C(C)=C/c2ooc2/C=C(C)/C=C/C=C(C)/C=C/C2=C(C)CCCC2(C)C)C(C)(C)CCC1. The van der Waals surface area contributed by atoms with Crippen LogP contribution in [0.3, 0.4) is 0 Å². The second kappa shape index (κ2) is 14.8. The second-order valence-corrected chi connectivity index (χ2v) is 13.7. The molecule has 0 fully saturated rings. The van der Waals surface area contributed by atoms with Gasteiger partial charge in [-0.25, -0.2) is 0 Å². The first kappa shape index (κ1) is 33.2. The van der Waals surface area contributed by atoms with E-state index in [-0.39, 0.29) is 10.8 Å². The molecule has 0 unspecified atom stereocenters. The molecule has 0 bridgehead atoms. The van der Waals surface area contributed by atoms with E-state index in [1.807, 2.05) is 12.2 Å². The predicted molar refractivity (Wildman–Crippen MR) is 183 cm³/mol. The van der Waals surface area contributed by atoms with E-state index in [1.54, 1.807) is 0 Å². The fourth-order valence-corrected chi connectivity index (χ4v) is 6.10. The van der Waals surface area contributed by atoms with Crippen LogP contribution < -0.4 is 0 Å². The van der Waals surface area contributed by atoms with Gasteiger partial charge >= 0.3 is 0 Å². The quantitative estimate of drug-likeness (QED) is 0.208. The predicted octanol–water partition coefficient (Wildman–Crippen LogP) is 12.8. The summed E-state index contributed by atoms with van der Waals surface area (Å²) in [6.45, 7) is 22.5. The maximum atomic E-state index is 5.28. The first-order valence-corrected chi connectivity index (χ1v) is 15.7. The third-order valence-corrected chi connectivity index (χ3v) is 8.73. The minimum Gasteiger partial charge on any atom is -0.286 e. The zero-order valence-corrected chi connectivity index (χ0v) is 28.0. The summed E-state index contributed by atoms with van der Waals surface area (Å²) in [5, 5.41) is 0. The summed E-state index contributed by atoms with van der Waals surface area (Å²) in [7, 11) is 0. The molecule has 2 aliphatic rings. The van der Waals surface area contributed by atoms with Gasteiger partial charge in [0.1, 0.15) is 0 Å². The van der Waals surface area contributed by atoms with Crippen molar-refractivity contribution in [2.24, 2.45) is 10.8 Å². The van der Waals surface area contributed by atoms with Gasteiger partial charge in [0.2, 0.25) is 11.5 Å². The maximum Gasteiger partial charge on any atom is 0.225 e. The van der Waals surface area contributed by atoms with Crippen molar-refractivity contribution < 1.29 is 9.15 Å². The molecule has 0 aromatic carbocycles. The highest BCUT2D eigenvalue weighted by molar-refractivity contribution is 5.62. The highest BCUT2D eigenvalue weighted by Crippen LogP contribution is 2.41. The van der Waals surface area contributed by atoms with Gasteiger partial charge in [0.05, 0.1) is 0 Å². The van der Waals surface area contributed by atoms with Crippen molar-refractivity contribution in [2.45, 2.75) is 108 Å². The molecule has 1 aromatic heterocycles. The fourth-order valence-electron chi connectivity index (χ4n) is 6.10. The van der Waals surface area contributed by atoms with Crippen LogP contribution in [0.2, 0.25) is 0 Å². The lowest BCUT2D eigenvalue weighted by Crippen LogP contribution is -2.19. The molecule has 0 saturated carbocycles. The second-order valence-electron chi connectivity index (χ2n) is 13.7. The molecule has 42 heavy (non-hydrogen) atoms. The van der Waals surface area contributed by atoms with Crippen molar-refractivity contribution in [3.8, 4) is 0 Å². The van der Waals surface area contributed by atoms with Gasteiger partial charge in [-0.3, -0.25) is 9.15 Å². The summed E-state index contributed by atoms with van der Waals surface area (Å²) < 4.78 is 10.6. The summed E-state index contributed by atoms with van der Waals surface area (Å²) in [5.74, 6) is 1.50. The van der Waals surface area contributed by atoms with Crippen LogP contribution in [0.25, 0.3) is 12.2 Å². The van der Waals surface area contributed by atoms with Crippen LogP contribution in [0, 0.1) is 10.8 Å². The topological polar surface area (TPSA) is 26.3 Å². The van der Waals surface area contributed by atoms with E-state index in [4.69, 9.17) is 9.15 Å². The van der Waals surface area contributed by atoms with Crippen LogP contribution in [0.4, 0.5) is 0 Å². The molecule has 0 spiro atoms. The van der Waals surface area contributed by atoms with Crippen molar-refractivity contribution in [1.82, 2.24) is 0 Å². The van der Waals surface area contributed by atoms with Crippen LogP contribution in [0.5, 0.6) is 0 Å². The molecule has 2 aliphatic carbocycles. The summed E-state index contributed by atoms with van der Waals surface area (Å²) >= 11 is 0. The Morgan fingerprint density at radius 1 is 0.571 bits per heavy atom. The molecule has 1 heterocycles. The lowest BCUT2D eigenvalue weighted by atomic mass is 9.72. The van der Waals surface area contributed by atoms with E-state index in [1.165, 1.54) is 72.0 Å². The molecule has 1 aromatic rings. The van der Waals surface area contributed by atoms with Gasteiger partial charge in [-0.05, 0) is 125 Å². The molecular weight excluding hydrogens is 512 g/mol. The normalized spacial score (nSPS) is 21.4. The van der Waals surface area contributed by atoms with E-state index >= 15 is 0 Å². The number of hydrogen-bond donors (Lipinski definition) is 0. The van der Waals surface area contributed by atoms with Gasteiger partial charge < -0.3 is 0 Å². The average Bonchev–Trinajstić information content (AvgIpc) is 2.88. The van der Waals surface area contributed by atoms with Crippen molar-refractivity contribution in [1.29, 1.82) is 0 Å². The van der Waals surface area contributed by atoms with Crippen molar-refractivity contribution >= 4 is 12.2 Å². The smallest absolute Gasteiger partial charge is 0.225 e. The van der Waals surface area contributed by atoms with Gasteiger partial charge in [0, 0.05) is 0 Å². The minimum atomic E-state index is 0.267. The molecule has 0 amide bonds. The Labute approximate surface area is 256 Å². The van der Waals surface area contributed by atoms with E-state index in [9.17, 15) is 0 Å². The Morgan fingerprint density at radius 3 is 1.29 bits per heavy atom. The zero-order valence-electron chi connectivity index (χ0n) is 28.0. The Bertz CT molecular complexity index is 1300. The minimum absolute atomic E-state index is 0.267. The van der Waals surface area contributed by atoms with Crippen LogP contribution in [-0.4, -0.2) is 0 Å². The van der Waals surface area contributed by atoms with Crippen molar-refractivity contribution in [2.75, 3.05) is 0 Å². The number of rotatable bonds is 10. The summed E-state index contributed by atoms with van der Waals surface area (Å²) in [6.07, 6.45) is 33.4. The Hall–Kier alpha value is -3.26. The first-order valence-electron chi connectivity index (χ1n) is 15.7. The summed E-state index contributed by atoms with van der Waals surface area (Å²) in [5.41, 5.74) is 11.3. The van der Waals surface area contributed by atoms with Gasteiger partial charge in [-0.15, -0.1) is 0 Å². The largest absolute Gasteiger partial charge is 0.286 e. The third kappa shape index (κ3) is 9.65. The summed E-state index contributed by atoms with van der Waals surface area (Å²) in [4.78, 5) is 0. The first-order chi connectivity index (χ1) is 19.8. The van der Waals surface area contributed by atoms with Crippen LogP contribution >= 0.6 is 0 Å². The monoisotopic (exact) mass is 566 g/mol. The van der Waals surface area contributed by atoms with Crippen molar-refractivity contribution in [3.63, 3.8) is 0 Å². The molecular formula is C40H54O2. The third-order valence-electron chi connectivity index (χ3n) is 8.73. The molecule has 226 valence electrons. The summed E-state index contributed by atoms with van der Waals surface area (Å²) in [6, 6.07) is 0. The molecule has 2 heteroatoms. The standard InChI is InChI=1S/C40H54O2/c1-29(21-23-35-33(5)19-13-25-39(35,7)8)15-11-17-31(3)27-37-38(42-41-37)28-32(4)18-12-16-30(2)22-24-36-34(6)20-14-26-40(36,9)10/h11-12,15-18,21-24,27-28H,13-14,19-20,25-26H2,1-10H3/b17-11+,18-12+,23-21+,24-22+,29-15+,30-16+,31-27+,32-28+. The highest BCUT2D eigenvalue weighted by Gasteiger charge is 2.27. The molecule has 0 saturated heterocycles. The van der Waals surface area contributed by atoms with E-state index in [0.29, 0.717) is 0 Å². The van der Waals surface area contributed by atoms with Crippen LogP contribution in [0.15, 0.2) is 114 Å². The Kier molecular flexibility index (Phi) is 11.7. The molecule has 0 radical (unpaired) electrons.